The summed E-state index contributed by atoms with van der Waals surface area (Å²) in [5.41, 5.74) is 3.46. The molecule has 1 atom stereocenters. The quantitative estimate of drug-likeness (QED) is 0.693. The normalized spacial score (nSPS) is 17.9. The van der Waals surface area contributed by atoms with Crippen molar-refractivity contribution >= 4 is 23.7 Å². The first-order valence-electron chi connectivity index (χ1n) is 6.66. The Balaban J connectivity index is 1.77. The molecule has 1 N–H and O–H groups in total. The number of carbonyl (C=O) groups is 1. The van der Waals surface area contributed by atoms with Crippen molar-refractivity contribution < 1.29 is 14.6 Å². The Kier molecular flexibility index (Phi) is 3.67. The fraction of sp³-hybridized carbons (Fsp3) is 0.0556. The van der Waals surface area contributed by atoms with Crippen LogP contribution in [-0.2, 0) is 9.53 Å². The van der Waals surface area contributed by atoms with Gasteiger partial charge in [-0.1, -0.05) is 66.7 Å². The van der Waals surface area contributed by atoms with E-state index in [0.717, 1.165) is 16.7 Å². The molecule has 0 bridgehead atoms. The van der Waals surface area contributed by atoms with Gasteiger partial charge >= 0.3 is 5.97 Å². The molecule has 0 saturated carbocycles. The second-order valence-electron chi connectivity index (χ2n) is 4.75. The summed E-state index contributed by atoms with van der Waals surface area (Å²) in [6, 6.07) is 17.6. The van der Waals surface area contributed by atoms with Crippen LogP contribution in [0.3, 0.4) is 0 Å². The van der Waals surface area contributed by atoms with Crippen LogP contribution < -0.4 is 0 Å². The Labute approximate surface area is 122 Å². The summed E-state index contributed by atoms with van der Waals surface area (Å²) in [5.74, 6) is -0.509. The zero-order valence-corrected chi connectivity index (χ0v) is 11.3. The number of rotatable bonds is 3. The molecule has 1 unspecified atom stereocenters. The minimum absolute atomic E-state index is 0.499. The summed E-state index contributed by atoms with van der Waals surface area (Å²) in [5, 5.41) is 9.61. The molecule has 104 valence electrons. The predicted octanol–water partition coefficient (Wildman–Crippen LogP) is 3.12. The van der Waals surface area contributed by atoms with E-state index in [4.69, 9.17) is 0 Å². The zero-order chi connectivity index (χ0) is 14.7. The van der Waals surface area contributed by atoms with Gasteiger partial charge in [-0.05, 0) is 16.7 Å². The van der Waals surface area contributed by atoms with Crippen molar-refractivity contribution in [3.8, 4) is 0 Å². The maximum Gasteiger partial charge on any atom is 0.333 e. The van der Waals surface area contributed by atoms with Crippen LogP contribution >= 0.6 is 0 Å². The van der Waals surface area contributed by atoms with Crippen molar-refractivity contribution in [1.82, 2.24) is 0 Å². The molecule has 3 rings (SSSR count). The Morgan fingerprint density at radius 1 is 0.905 bits per heavy atom. The zero-order valence-electron chi connectivity index (χ0n) is 11.3. The van der Waals surface area contributed by atoms with Crippen LogP contribution in [0.1, 0.15) is 16.7 Å². The number of carbonyl (C=O) groups excluding carboxylic acids is 1. The van der Waals surface area contributed by atoms with Crippen molar-refractivity contribution in [3.63, 3.8) is 0 Å². The van der Waals surface area contributed by atoms with Gasteiger partial charge in [0.15, 0.2) is 0 Å². The van der Waals surface area contributed by atoms with Crippen LogP contribution in [0.2, 0.25) is 0 Å². The molecule has 2 aromatic carbocycles. The summed E-state index contributed by atoms with van der Waals surface area (Å²) in [6.45, 7) is 0. The lowest BCUT2D eigenvalue weighted by Crippen LogP contribution is -2.09. The van der Waals surface area contributed by atoms with E-state index >= 15 is 0 Å². The van der Waals surface area contributed by atoms with Crippen molar-refractivity contribution in [2.75, 3.05) is 0 Å². The van der Waals surface area contributed by atoms with E-state index in [-0.39, 0.29) is 0 Å². The Hall–Kier alpha value is -2.65. The van der Waals surface area contributed by atoms with Crippen molar-refractivity contribution in [2.45, 2.75) is 6.29 Å². The highest BCUT2D eigenvalue weighted by Gasteiger charge is 2.24. The first-order chi connectivity index (χ1) is 10.2. The number of esters is 1. The van der Waals surface area contributed by atoms with Crippen LogP contribution in [0, 0.1) is 0 Å². The molecular weight excluding hydrogens is 264 g/mol. The highest BCUT2D eigenvalue weighted by Crippen LogP contribution is 2.25. The lowest BCUT2D eigenvalue weighted by molar-refractivity contribution is -0.149. The third-order valence-corrected chi connectivity index (χ3v) is 3.28. The van der Waals surface area contributed by atoms with Gasteiger partial charge in [-0.3, -0.25) is 0 Å². The van der Waals surface area contributed by atoms with Crippen LogP contribution in [0.15, 0.2) is 60.7 Å². The molecule has 0 fully saturated rings. The highest BCUT2D eigenvalue weighted by atomic mass is 16.6. The number of ether oxygens (including phenoxy) is 1. The van der Waals surface area contributed by atoms with Crippen LogP contribution in [0.4, 0.5) is 0 Å². The first-order valence-corrected chi connectivity index (χ1v) is 6.66. The van der Waals surface area contributed by atoms with Gasteiger partial charge in [0, 0.05) is 11.6 Å². The molecule has 0 radical (unpaired) electrons. The van der Waals surface area contributed by atoms with Gasteiger partial charge in [0.1, 0.15) is 0 Å². The monoisotopic (exact) mass is 278 g/mol. The average molecular weight is 278 g/mol. The second-order valence-corrected chi connectivity index (χ2v) is 4.75. The average Bonchev–Trinajstić information content (AvgIpc) is 2.85. The Morgan fingerprint density at radius 2 is 1.52 bits per heavy atom. The third-order valence-electron chi connectivity index (χ3n) is 3.28. The van der Waals surface area contributed by atoms with E-state index in [0.29, 0.717) is 5.57 Å². The van der Waals surface area contributed by atoms with Crippen molar-refractivity contribution in [2.24, 2.45) is 0 Å². The van der Waals surface area contributed by atoms with E-state index in [9.17, 15) is 9.90 Å². The Morgan fingerprint density at radius 3 is 2.10 bits per heavy atom. The lowest BCUT2D eigenvalue weighted by atomic mass is 10.0. The molecule has 21 heavy (non-hydrogen) atoms. The molecule has 1 aliphatic heterocycles. The summed E-state index contributed by atoms with van der Waals surface area (Å²) >= 11 is 0. The summed E-state index contributed by atoms with van der Waals surface area (Å²) < 4.78 is 4.67. The molecule has 1 heterocycles. The maximum absolute atomic E-state index is 11.1. The molecule has 0 aliphatic carbocycles. The van der Waals surface area contributed by atoms with E-state index < -0.39 is 12.3 Å². The third kappa shape index (κ3) is 3.09. The number of hydrogen-bond acceptors (Lipinski definition) is 3. The fourth-order valence-electron chi connectivity index (χ4n) is 2.17. The molecule has 0 spiro atoms. The van der Waals surface area contributed by atoms with Gasteiger partial charge in [0.05, 0.1) is 0 Å². The van der Waals surface area contributed by atoms with Crippen LogP contribution in [-0.4, -0.2) is 17.4 Å². The minimum atomic E-state index is -1.16. The summed E-state index contributed by atoms with van der Waals surface area (Å²) in [4.78, 5) is 11.1. The van der Waals surface area contributed by atoms with E-state index in [2.05, 4.69) is 4.74 Å². The topological polar surface area (TPSA) is 46.5 Å². The largest absolute Gasteiger partial charge is 0.428 e. The van der Waals surface area contributed by atoms with Gasteiger partial charge in [-0.25, -0.2) is 4.79 Å². The van der Waals surface area contributed by atoms with E-state index in [1.54, 1.807) is 0 Å². The number of aliphatic hydroxyl groups is 1. The minimum Gasteiger partial charge on any atom is -0.428 e. The molecule has 2 aromatic rings. The number of aliphatic hydroxyl groups excluding tert-OH is 1. The molecule has 0 aromatic heterocycles. The van der Waals surface area contributed by atoms with Crippen LogP contribution in [0.25, 0.3) is 17.7 Å². The molecule has 1 aliphatic rings. The van der Waals surface area contributed by atoms with Crippen molar-refractivity contribution in [3.05, 3.63) is 77.4 Å². The summed E-state index contributed by atoms with van der Waals surface area (Å²) in [6.07, 6.45) is 4.20. The predicted molar refractivity (Wildman–Crippen MR) is 81.9 cm³/mol. The Bertz CT molecular complexity index is 697. The van der Waals surface area contributed by atoms with Crippen molar-refractivity contribution in [1.29, 1.82) is 0 Å². The molecular formula is C18H14O3. The number of hydrogen-bond donors (Lipinski definition) is 1. The number of benzene rings is 2. The first kappa shape index (κ1) is 13.3. The standard InChI is InChI=1S/C18H14O3/c19-17-12-16(18(20)21-17)15-10-8-14(9-11-15)7-6-13-4-2-1-3-5-13/h1-12,18,20H/b7-6+. The van der Waals surface area contributed by atoms with E-state index in [1.807, 2.05) is 66.7 Å². The molecule has 3 heteroatoms. The van der Waals surface area contributed by atoms with Crippen LogP contribution in [0.5, 0.6) is 0 Å². The van der Waals surface area contributed by atoms with Gasteiger partial charge in [0.2, 0.25) is 6.29 Å². The summed E-state index contributed by atoms with van der Waals surface area (Å²) in [7, 11) is 0. The SMILES string of the molecule is O=C1C=C(c2ccc(/C=C/c3ccccc3)cc2)C(O)O1. The smallest absolute Gasteiger partial charge is 0.333 e. The molecule has 0 saturated heterocycles. The molecule has 0 amide bonds. The number of cyclic esters (lactones) is 1. The lowest BCUT2D eigenvalue weighted by Gasteiger charge is -2.07. The highest BCUT2D eigenvalue weighted by molar-refractivity contribution is 5.96. The van der Waals surface area contributed by atoms with E-state index in [1.165, 1.54) is 6.08 Å². The fourth-order valence-corrected chi connectivity index (χ4v) is 2.17. The second kappa shape index (κ2) is 5.77. The maximum atomic E-state index is 11.1. The van der Waals surface area contributed by atoms with Gasteiger partial charge in [0.25, 0.3) is 0 Å². The van der Waals surface area contributed by atoms with Gasteiger partial charge < -0.3 is 9.84 Å². The molecule has 3 nitrogen and oxygen atoms in total. The van der Waals surface area contributed by atoms with Gasteiger partial charge in [-0.15, -0.1) is 0 Å². The van der Waals surface area contributed by atoms with Gasteiger partial charge in [-0.2, -0.15) is 0 Å².